The standard InChI is InChI=1S/C18H35N3/c1-18(2)9-5-6-16(17(18)19)21-12-7-15(8-13-21)14-20-10-3-4-11-20/h15-17H,3-14,19H2,1-2H3. The molecule has 2 atom stereocenters. The van der Waals surface area contributed by atoms with Gasteiger partial charge in [0.1, 0.15) is 0 Å². The Morgan fingerprint density at radius 3 is 2.29 bits per heavy atom. The third-order valence-corrected chi connectivity index (χ3v) is 6.47. The molecular formula is C18H35N3. The van der Waals surface area contributed by atoms with Gasteiger partial charge in [0, 0.05) is 18.6 Å². The monoisotopic (exact) mass is 293 g/mol. The smallest absolute Gasteiger partial charge is 0.0252 e. The van der Waals surface area contributed by atoms with Crippen molar-refractivity contribution >= 4 is 0 Å². The highest BCUT2D eigenvalue weighted by Crippen LogP contribution is 2.37. The molecule has 0 aromatic rings. The van der Waals surface area contributed by atoms with Crippen LogP contribution < -0.4 is 5.73 Å². The van der Waals surface area contributed by atoms with Gasteiger partial charge in [-0.1, -0.05) is 20.3 Å². The number of hydrogen-bond donors (Lipinski definition) is 1. The molecule has 2 heterocycles. The van der Waals surface area contributed by atoms with E-state index in [9.17, 15) is 0 Å². The molecule has 1 saturated carbocycles. The SMILES string of the molecule is CC1(C)CCCC(N2CCC(CN3CCCC3)CC2)C1N. The van der Waals surface area contributed by atoms with E-state index in [0.717, 1.165) is 5.92 Å². The maximum atomic E-state index is 6.60. The fourth-order valence-corrected chi connectivity index (χ4v) is 4.84. The lowest BCUT2D eigenvalue weighted by atomic mass is 9.70. The lowest BCUT2D eigenvalue weighted by molar-refractivity contribution is 0.0402. The van der Waals surface area contributed by atoms with Crippen molar-refractivity contribution in [1.29, 1.82) is 0 Å². The third-order valence-electron chi connectivity index (χ3n) is 6.47. The fraction of sp³-hybridized carbons (Fsp3) is 1.00. The molecule has 2 saturated heterocycles. The largest absolute Gasteiger partial charge is 0.326 e. The number of nitrogens with two attached hydrogens (primary N) is 1. The Bertz CT molecular complexity index is 327. The Labute approximate surface area is 131 Å². The molecule has 3 aliphatic rings. The summed E-state index contributed by atoms with van der Waals surface area (Å²) in [6.07, 6.45) is 9.60. The zero-order valence-corrected chi connectivity index (χ0v) is 14.2. The molecule has 3 fully saturated rings. The molecule has 0 aromatic heterocycles. The Balaban J connectivity index is 1.48. The van der Waals surface area contributed by atoms with Crippen LogP contribution in [0.15, 0.2) is 0 Å². The van der Waals surface area contributed by atoms with Crippen molar-refractivity contribution in [3.63, 3.8) is 0 Å². The van der Waals surface area contributed by atoms with Crippen molar-refractivity contribution in [3.8, 4) is 0 Å². The first-order valence-electron chi connectivity index (χ1n) is 9.28. The quantitative estimate of drug-likeness (QED) is 0.868. The van der Waals surface area contributed by atoms with E-state index in [4.69, 9.17) is 5.73 Å². The van der Waals surface area contributed by atoms with Gasteiger partial charge in [0.15, 0.2) is 0 Å². The van der Waals surface area contributed by atoms with Gasteiger partial charge in [-0.2, -0.15) is 0 Å². The topological polar surface area (TPSA) is 32.5 Å². The second-order valence-corrected chi connectivity index (χ2v) is 8.46. The van der Waals surface area contributed by atoms with Gasteiger partial charge in [0.2, 0.25) is 0 Å². The molecule has 122 valence electrons. The molecule has 3 heteroatoms. The van der Waals surface area contributed by atoms with E-state index in [-0.39, 0.29) is 0 Å². The molecular weight excluding hydrogens is 258 g/mol. The van der Waals surface area contributed by atoms with Crippen LogP contribution in [-0.4, -0.2) is 54.6 Å². The van der Waals surface area contributed by atoms with Gasteiger partial charge in [-0.15, -0.1) is 0 Å². The molecule has 0 radical (unpaired) electrons. The van der Waals surface area contributed by atoms with Crippen LogP contribution in [0.3, 0.4) is 0 Å². The highest BCUT2D eigenvalue weighted by atomic mass is 15.2. The summed E-state index contributed by atoms with van der Waals surface area (Å²) >= 11 is 0. The van der Waals surface area contributed by atoms with E-state index < -0.39 is 0 Å². The number of nitrogens with zero attached hydrogens (tertiary/aromatic N) is 2. The van der Waals surface area contributed by atoms with E-state index >= 15 is 0 Å². The predicted octanol–water partition coefficient (Wildman–Crippen LogP) is 2.70. The van der Waals surface area contributed by atoms with Crippen LogP contribution >= 0.6 is 0 Å². The molecule has 0 aromatic carbocycles. The molecule has 3 rings (SSSR count). The van der Waals surface area contributed by atoms with Crippen molar-refractivity contribution in [2.24, 2.45) is 17.1 Å². The summed E-state index contributed by atoms with van der Waals surface area (Å²) in [4.78, 5) is 5.42. The number of likely N-dealkylation sites (tertiary alicyclic amines) is 2. The van der Waals surface area contributed by atoms with Crippen LogP contribution in [-0.2, 0) is 0 Å². The minimum absolute atomic E-state index is 0.329. The summed E-state index contributed by atoms with van der Waals surface area (Å²) in [5.74, 6) is 0.937. The van der Waals surface area contributed by atoms with E-state index in [1.807, 2.05) is 0 Å². The van der Waals surface area contributed by atoms with Crippen LogP contribution in [0.4, 0.5) is 0 Å². The molecule has 2 aliphatic heterocycles. The van der Waals surface area contributed by atoms with Crippen LogP contribution in [0, 0.1) is 11.3 Å². The molecule has 0 amide bonds. The number of hydrogen-bond acceptors (Lipinski definition) is 3. The van der Waals surface area contributed by atoms with Crippen molar-refractivity contribution in [2.75, 3.05) is 32.7 Å². The van der Waals surface area contributed by atoms with Crippen LogP contribution in [0.1, 0.15) is 58.8 Å². The van der Waals surface area contributed by atoms with Gasteiger partial charge in [-0.05, 0) is 76.0 Å². The van der Waals surface area contributed by atoms with Gasteiger partial charge in [-0.3, -0.25) is 4.90 Å². The van der Waals surface area contributed by atoms with E-state index in [1.54, 1.807) is 0 Å². The predicted molar refractivity (Wildman–Crippen MR) is 89.4 cm³/mol. The van der Waals surface area contributed by atoms with Gasteiger partial charge in [-0.25, -0.2) is 0 Å². The second-order valence-electron chi connectivity index (χ2n) is 8.46. The van der Waals surface area contributed by atoms with Crippen molar-refractivity contribution in [3.05, 3.63) is 0 Å². The zero-order chi connectivity index (χ0) is 14.9. The van der Waals surface area contributed by atoms with E-state index in [1.165, 1.54) is 77.7 Å². The summed E-state index contributed by atoms with van der Waals surface area (Å²) in [7, 11) is 0. The van der Waals surface area contributed by atoms with Crippen LogP contribution in [0.2, 0.25) is 0 Å². The molecule has 3 nitrogen and oxygen atoms in total. The lowest BCUT2D eigenvalue weighted by Gasteiger charge is -2.48. The second kappa shape index (κ2) is 6.55. The summed E-state index contributed by atoms with van der Waals surface area (Å²) in [5.41, 5.74) is 6.93. The molecule has 2 N–H and O–H groups in total. The van der Waals surface area contributed by atoms with Crippen LogP contribution in [0.5, 0.6) is 0 Å². The Hall–Kier alpha value is -0.120. The minimum atomic E-state index is 0.329. The minimum Gasteiger partial charge on any atom is -0.326 e. The molecule has 1 aliphatic carbocycles. The highest BCUT2D eigenvalue weighted by molar-refractivity contribution is 4.97. The highest BCUT2D eigenvalue weighted by Gasteiger charge is 2.40. The molecule has 21 heavy (non-hydrogen) atoms. The first-order valence-corrected chi connectivity index (χ1v) is 9.28. The number of rotatable bonds is 3. The Kier molecular flexibility index (Phi) is 4.92. The van der Waals surface area contributed by atoms with Gasteiger partial charge in [0.05, 0.1) is 0 Å². The summed E-state index contributed by atoms with van der Waals surface area (Å²) in [6, 6.07) is 1.00. The molecule has 0 bridgehead atoms. The van der Waals surface area contributed by atoms with E-state index in [0.29, 0.717) is 17.5 Å². The first kappa shape index (κ1) is 15.8. The molecule has 2 unspecified atom stereocenters. The average molecular weight is 293 g/mol. The van der Waals surface area contributed by atoms with Crippen molar-refractivity contribution in [2.45, 2.75) is 70.9 Å². The van der Waals surface area contributed by atoms with E-state index in [2.05, 4.69) is 23.6 Å². The van der Waals surface area contributed by atoms with Crippen LogP contribution in [0.25, 0.3) is 0 Å². The molecule has 0 spiro atoms. The van der Waals surface area contributed by atoms with Crippen molar-refractivity contribution < 1.29 is 0 Å². The number of piperidine rings is 1. The average Bonchev–Trinajstić information content (AvgIpc) is 2.96. The normalized spacial score (nSPS) is 36.1. The summed E-state index contributed by atoms with van der Waals surface area (Å²) in [6.45, 7) is 11.4. The maximum Gasteiger partial charge on any atom is 0.0252 e. The maximum absolute atomic E-state index is 6.60. The van der Waals surface area contributed by atoms with Gasteiger partial charge < -0.3 is 10.6 Å². The van der Waals surface area contributed by atoms with Gasteiger partial charge in [0.25, 0.3) is 0 Å². The lowest BCUT2D eigenvalue weighted by Crippen LogP contribution is -2.58. The summed E-state index contributed by atoms with van der Waals surface area (Å²) in [5, 5.41) is 0. The summed E-state index contributed by atoms with van der Waals surface area (Å²) < 4.78 is 0. The van der Waals surface area contributed by atoms with Gasteiger partial charge >= 0.3 is 0 Å². The Morgan fingerprint density at radius 2 is 1.62 bits per heavy atom. The zero-order valence-electron chi connectivity index (χ0n) is 14.2. The van der Waals surface area contributed by atoms with Crippen molar-refractivity contribution in [1.82, 2.24) is 9.80 Å². The third kappa shape index (κ3) is 3.62. The fourth-order valence-electron chi connectivity index (χ4n) is 4.84. The Morgan fingerprint density at radius 1 is 0.952 bits per heavy atom. The first-order chi connectivity index (χ1) is 10.1.